The van der Waals surface area contributed by atoms with E-state index in [1.54, 1.807) is 0 Å². The van der Waals surface area contributed by atoms with Crippen LogP contribution in [-0.2, 0) is 0 Å². The third kappa shape index (κ3) is 15.8. The fourth-order valence-corrected chi connectivity index (χ4v) is 1.99. The smallest absolute Gasteiger partial charge is 0.191 e. The lowest BCUT2D eigenvalue weighted by Gasteiger charge is -2.17. The van der Waals surface area contributed by atoms with Gasteiger partial charge in [-0.1, -0.05) is 0 Å². The molecule has 0 unspecified atom stereocenters. The Hall–Kier alpha value is -1.50. The maximum atomic E-state index is 4.59. The van der Waals surface area contributed by atoms with E-state index in [9.17, 15) is 0 Å². The summed E-state index contributed by atoms with van der Waals surface area (Å²) in [6.45, 7) is 20.1. The molecular formula is C18H41N7. The first-order valence-corrected chi connectivity index (χ1v) is 9.57. The van der Waals surface area contributed by atoms with Gasteiger partial charge >= 0.3 is 0 Å². The van der Waals surface area contributed by atoms with Crippen LogP contribution in [0.25, 0.3) is 0 Å². The van der Waals surface area contributed by atoms with Gasteiger partial charge in [-0.05, 0) is 55.4 Å². The molecule has 0 aliphatic rings. The van der Waals surface area contributed by atoms with E-state index in [-0.39, 0.29) is 6.04 Å². The van der Waals surface area contributed by atoms with E-state index in [0.29, 0.717) is 18.1 Å². The highest BCUT2D eigenvalue weighted by atomic mass is 15.2. The maximum Gasteiger partial charge on any atom is 0.191 e. The van der Waals surface area contributed by atoms with Gasteiger partial charge in [-0.25, -0.2) is 0 Å². The largest absolute Gasteiger partial charge is 0.355 e. The summed E-state index contributed by atoms with van der Waals surface area (Å²) >= 11 is 0. The van der Waals surface area contributed by atoms with Gasteiger partial charge in [-0.2, -0.15) is 0 Å². The Kier molecular flexibility index (Phi) is 12.9. The molecule has 0 aliphatic carbocycles. The normalized spacial score (nSPS) is 12.1. The van der Waals surface area contributed by atoms with Crippen LogP contribution in [0.15, 0.2) is 9.98 Å². The predicted octanol–water partition coefficient (Wildman–Crippen LogP) is 1.28. The van der Waals surface area contributed by atoms with E-state index in [0.717, 1.165) is 38.1 Å². The van der Waals surface area contributed by atoms with E-state index in [1.165, 1.54) is 0 Å². The molecule has 7 nitrogen and oxygen atoms in total. The van der Waals surface area contributed by atoms with Crippen molar-refractivity contribution in [1.82, 2.24) is 26.6 Å². The number of hydrogen-bond donors (Lipinski definition) is 5. The van der Waals surface area contributed by atoms with Crippen LogP contribution >= 0.6 is 0 Å². The third-order valence-electron chi connectivity index (χ3n) is 2.82. The summed E-state index contributed by atoms with van der Waals surface area (Å²) in [5.41, 5.74) is 0. The molecule has 0 spiro atoms. The average Bonchev–Trinajstić information content (AvgIpc) is 2.43. The van der Waals surface area contributed by atoms with Gasteiger partial charge in [-0.15, -0.1) is 0 Å². The van der Waals surface area contributed by atoms with Gasteiger partial charge in [0.2, 0.25) is 0 Å². The van der Waals surface area contributed by atoms with Gasteiger partial charge in [0.05, 0.1) is 6.54 Å². The van der Waals surface area contributed by atoms with E-state index in [2.05, 4.69) is 92.0 Å². The van der Waals surface area contributed by atoms with Gasteiger partial charge in [0.25, 0.3) is 0 Å². The zero-order valence-corrected chi connectivity index (χ0v) is 17.5. The van der Waals surface area contributed by atoms with Crippen molar-refractivity contribution >= 4 is 11.9 Å². The molecule has 0 amide bonds. The zero-order chi connectivity index (χ0) is 19.2. The Morgan fingerprint density at radius 2 is 1.20 bits per heavy atom. The van der Waals surface area contributed by atoms with Crippen molar-refractivity contribution in [1.29, 1.82) is 0 Å². The lowest BCUT2D eigenvalue weighted by atomic mass is 10.4. The molecule has 0 fully saturated rings. The number of nitrogens with zero attached hydrogens (tertiary/aromatic N) is 2. The first kappa shape index (κ1) is 23.5. The quantitative estimate of drug-likeness (QED) is 0.232. The van der Waals surface area contributed by atoms with Crippen molar-refractivity contribution in [2.24, 2.45) is 9.98 Å². The Balaban J connectivity index is 4.07. The summed E-state index contributed by atoms with van der Waals surface area (Å²) in [6.07, 6.45) is 0. The van der Waals surface area contributed by atoms with Crippen LogP contribution in [0.4, 0.5) is 0 Å². The van der Waals surface area contributed by atoms with Crippen molar-refractivity contribution in [2.45, 2.75) is 79.6 Å². The Morgan fingerprint density at radius 1 is 0.680 bits per heavy atom. The second-order valence-electron chi connectivity index (χ2n) is 7.38. The summed E-state index contributed by atoms with van der Waals surface area (Å²) < 4.78 is 0. The third-order valence-corrected chi connectivity index (χ3v) is 2.82. The van der Waals surface area contributed by atoms with Crippen LogP contribution in [0.5, 0.6) is 0 Å². The van der Waals surface area contributed by atoms with Gasteiger partial charge in [-0.3, -0.25) is 9.98 Å². The standard InChI is InChI=1S/C18H41N7/c1-13(2)22-17(23-14(3)4)20-11-9-19-10-12-21-18(24-15(5)6)25-16(7)8/h13-16,19H,9-12H2,1-8H3,(H2,20,22,23)(H2,21,24,25). The van der Waals surface area contributed by atoms with Gasteiger partial charge in [0, 0.05) is 43.8 Å². The second-order valence-corrected chi connectivity index (χ2v) is 7.38. The topological polar surface area (TPSA) is 84.9 Å². The summed E-state index contributed by atoms with van der Waals surface area (Å²) in [6, 6.07) is 1.38. The second kappa shape index (κ2) is 13.8. The molecule has 0 heterocycles. The van der Waals surface area contributed by atoms with Crippen molar-refractivity contribution < 1.29 is 0 Å². The lowest BCUT2D eigenvalue weighted by Crippen LogP contribution is -2.45. The van der Waals surface area contributed by atoms with E-state index >= 15 is 0 Å². The number of rotatable bonds is 10. The first-order valence-electron chi connectivity index (χ1n) is 9.57. The lowest BCUT2D eigenvalue weighted by molar-refractivity contribution is 0.635. The summed E-state index contributed by atoms with van der Waals surface area (Å²) in [5.74, 6) is 1.74. The molecule has 0 aliphatic heterocycles. The molecule has 0 radical (unpaired) electrons. The molecule has 148 valence electrons. The molecular weight excluding hydrogens is 314 g/mol. The van der Waals surface area contributed by atoms with Crippen molar-refractivity contribution in [3.05, 3.63) is 0 Å². The van der Waals surface area contributed by atoms with E-state index < -0.39 is 0 Å². The van der Waals surface area contributed by atoms with Crippen LogP contribution in [-0.4, -0.2) is 62.3 Å². The summed E-state index contributed by atoms with van der Waals surface area (Å²) in [5, 5.41) is 16.8. The van der Waals surface area contributed by atoms with Gasteiger partial charge in [0.15, 0.2) is 11.9 Å². The summed E-state index contributed by atoms with van der Waals surface area (Å²) in [4.78, 5) is 9.15. The van der Waals surface area contributed by atoms with Crippen LogP contribution < -0.4 is 26.6 Å². The molecule has 7 heteroatoms. The molecule has 0 aromatic heterocycles. The monoisotopic (exact) mass is 355 g/mol. The van der Waals surface area contributed by atoms with Crippen molar-refractivity contribution in [3.63, 3.8) is 0 Å². The predicted molar refractivity (Wildman–Crippen MR) is 111 cm³/mol. The molecule has 0 atom stereocenters. The Labute approximate surface area is 154 Å². The molecule has 0 aromatic rings. The fraction of sp³-hybridized carbons (Fsp3) is 0.889. The average molecular weight is 356 g/mol. The summed E-state index contributed by atoms with van der Waals surface area (Å²) in [7, 11) is 0. The van der Waals surface area contributed by atoms with Gasteiger partial charge < -0.3 is 26.6 Å². The van der Waals surface area contributed by atoms with Crippen molar-refractivity contribution in [3.8, 4) is 0 Å². The molecule has 0 aromatic carbocycles. The Morgan fingerprint density at radius 3 is 1.68 bits per heavy atom. The highest BCUT2D eigenvalue weighted by Gasteiger charge is 2.03. The Bertz CT molecular complexity index is 375. The molecule has 25 heavy (non-hydrogen) atoms. The minimum absolute atomic E-state index is 0.274. The molecule has 5 N–H and O–H groups in total. The van der Waals surface area contributed by atoms with Gasteiger partial charge in [0.1, 0.15) is 0 Å². The maximum absolute atomic E-state index is 4.59. The number of hydrogen-bond acceptors (Lipinski definition) is 3. The molecule has 0 saturated heterocycles. The van der Waals surface area contributed by atoms with Crippen molar-refractivity contribution in [2.75, 3.05) is 26.2 Å². The fourth-order valence-electron chi connectivity index (χ4n) is 1.99. The minimum Gasteiger partial charge on any atom is -0.355 e. The number of nitrogens with one attached hydrogen (secondary N) is 5. The highest BCUT2D eigenvalue weighted by Crippen LogP contribution is 1.87. The first-order chi connectivity index (χ1) is 11.7. The molecule has 0 saturated carbocycles. The van der Waals surface area contributed by atoms with Crippen LogP contribution in [0.3, 0.4) is 0 Å². The van der Waals surface area contributed by atoms with E-state index in [4.69, 9.17) is 0 Å². The van der Waals surface area contributed by atoms with Crippen LogP contribution in [0.1, 0.15) is 55.4 Å². The van der Waals surface area contributed by atoms with Crippen LogP contribution in [0, 0.1) is 0 Å². The number of guanidine groups is 2. The molecule has 0 rings (SSSR count). The molecule has 0 bridgehead atoms. The van der Waals surface area contributed by atoms with Crippen LogP contribution in [0.2, 0.25) is 0 Å². The highest BCUT2D eigenvalue weighted by molar-refractivity contribution is 5.80. The SMILES string of the molecule is CC(C)N=C(NCCNCCN=C(NC(C)C)NC(C)C)NC(C)C. The number of aliphatic imine (C=N–C) groups is 2. The minimum atomic E-state index is 0.274. The van der Waals surface area contributed by atoms with E-state index in [1.807, 2.05) is 0 Å². The zero-order valence-electron chi connectivity index (χ0n) is 17.5.